The van der Waals surface area contributed by atoms with Gasteiger partial charge in [0.15, 0.2) is 0 Å². The van der Waals surface area contributed by atoms with Gasteiger partial charge in [-0.15, -0.1) is 0 Å². The molecular weight excluding hydrogens is 276 g/mol. The molecule has 0 radical (unpaired) electrons. The molecule has 80 valence electrons. The zero-order chi connectivity index (χ0) is 4.50. The molecule has 0 aliphatic carbocycles. The maximum absolute atomic E-state index is 8.92. The summed E-state index contributed by atoms with van der Waals surface area (Å²) in [6.45, 7) is -4.56. The van der Waals surface area contributed by atoms with Gasteiger partial charge in [-0.25, -0.2) is 0 Å². The van der Waals surface area contributed by atoms with Crippen molar-refractivity contribution >= 4 is 18.5 Å². The molecule has 0 saturated carbocycles. The van der Waals surface area contributed by atoms with Gasteiger partial charge in [0.05, 0.1) is 0 Å². The third-order valence-electron chi connectivity index (χ3n) is 0. The Labute approximate surface area is 152 Å². The first-order chi connectivity index (χ1) is 2.00. The van der Waals surface area contributed by atoms with E-state index in [2.05, 4.69) is 11.8 Å². The van der Waals surface area contributed by atoms with Crippen molar-refractivity contribution in [3.8, 4) is 0 Å². The normalized spacial score (nSPS) is 4.21. The van der Waals surface area contributed by atoms with Crippen LogP contribution >= 0.6 is 6.72 Å². The van der Waals surface area contributed by atoms with Gasteiger partial charge >= 0.3 is 88.7 Å². The second kappa shape index (κ2) is 44.1. The predicted molar refractivity (Wildman–Crippen MR) is 36.0 cm³/mol. The fourth-order valence-corrected chi connectivity index (χ4v) is 0. The van der Waals surface area contributed by atoms with E-state index in [0.717, 1.165) is 0 Å². The van der Waals surface area contributed by atoms with E-state index in [1.54, 1.807) is 0 Å². The second-order valence-electron chi connectivity index (χ2n) is 0.447. The first-order valence-electron chi connectivity index (χ1n) is 0.730. The molecule has 9 nitrogen and oxygen atoms in total. The first kappa shape index (κ1) is 86.3. The molecule has 0 unspecified atom stereocenters. The molecular formula is H12Na3O9PS. The summed E-state index contributed by atoms with van der Waals surface area (Å²) in [5.74, 6) is 0. The Morgan fingerprint density at radius 2 is 0.571 bits per heavy atom. The van der Waals surface area contributed by atoms with Crippen molar-refractivity contribution in [1.82, 2.24) is 0 Å². The van der Waals surface area contributed by atoms with Crippen molar-refractivity contribution in [3.05, 3.63) is 0 Å². The van der Waals surface area contributed by atoms with Crippen molar-refractivity contribution in [3.63, 3.8) is 0 Å². The molecule has 0 aromatic carbocycles. The Hall–Kier alpha value is 3.29. The minimum absolute atomic E-state index is 0. The zero-order valence-electron chi connectivity index (χ0n) is 8.08. The van der Waals surface area contributed by atoms with Crippen molar-refractivity contribution in [1.29, 1.82) is 0 Å². The Bertz CT molecular complexity index is 66.2. The van der Waals surface area contributed by atoms with Crippen molar-refractivity contribution in [2.24, 2.45) is 0 Å². The zero-order valence-corrected chi connectivity index (χ0v) is 15.8. The van der Waals surface area contributed by atoms with Crippen LogP contribution in [0.4, 0.5) is 0 Å². The summed E-state index contributed by atoms with van der Waals surface area (Å²) in [6, 6.07) is 0. The number of rotatable bonds is 0. The van der Waals surface area contributed by atoms with E-state index in [1.165, 1.54) is 0 Å². The summed E-state index contributed by atoms with van der Waals surface area (Å²) >= 11 is 3.27. The Kier molecular flexibility index (Phi) is 272. The fraction of sp³-hybridized carbons (Fsp3) is 0. The van der Waals surface area contributed by atoms with E-state index in [-0.39, 0.29) is 122 Å². The quantitative estimate of drug-likeness (QED) is 0.310. The average molecular weight is 288 g/mol. The van der Waals surface area contributed by atoms with Crippen molar-refractivity contribution in [2.75, 3.05) is 0 Å². The van der Waals surface area contributed by atoms with Gasteiger partial charge in [0.25, 0.3) is 0 Å². The summed E-state index contributed by atoms with van der Waals surface area (Å²) in [6.07, 6.45) is 0. The minimum Gasteiger partial charge on any atom is -0.844 e. The fourth-order valence-electron chi connectivity index (χ4n) is 0. The minimum atomic E-state index is -4.56. The van der Waals surface area contributed by atoms with Crippen molar-refractivity contribution < 1.29 is 136 Å². The van der Waals surface area contributed by atoms with Gasteiger partial charge in [0.2, 0.25) is 0 Å². The first-order valence-corrected chi connectivity index (χ1v) is 3.29. The summed E-state index contributed by atoms with van der Waals surface area (Å²) in [7, 11) is 0. The Balaban J connectivity index is -0.00000000222. The van der Waals surface area contributed by atoms with E-state index >= 15 is 0 Å². The number of hydrogen-bond acceptors (Lipinski definition) is 4. The molecule has 0 aromatic rings. The van der Waals surface area contributed by atoms with Crippen LogP contribution in [0.15, 0.2) is 0 Å². The van der Waals surface area contributed by atoms with Crippen LogP contribution in [0.5, 0.6) is 0 Å². The molecule has 0 aliphatic rings. The molecule has 0 heterocycles. The molecule has 0 fully saturated rings. The van der Waals surface area contributed by atoms with Crippen molar-refractivity contribution in [2.45, 2.75) is 0 Å². The summed E-state index contributed by atoms with van der Waals surface area (Å²) in [5.41, 5.74) is 0. The van der Waals surface area contributed by atoms with Gasteiger partial charge in [0, 0.05) is 0 Å². The van der Waals surface area contributed by atoms with Crippen LogP contribution in [0.3, 0.4) is 0 Å². The standard InChI is InChI=1S/3Na.H3O3PS.6H2O/c;;;1-4(2,3)5;;;;;;/h;;;(H3,1,2,3,5);6*1H2/q3*+1;;;;;;;/p-3. The molecule has 0 spiro atoms. The van der Waals surface area contributed by atoms with Crippen LogP contribution in [-0.2, 0) is 11.8 Å². The van der Waals surface area contributed by atoms with Gasteiger partial charge in [0.1, 0.15) is 0 Å². The molecule has 0 aromatic heterocycles. The molecule has 0 rings (SSSR count). The largest absolute Gasteiger partial charge is 1.00 e. The van der Waals surface area contributed by atoms with Crippen LogP contribution in [0.1, 0.15) is 0 Å². The Morgan fingerprint density at radius 3 is 0.571 bits per heavy atom. The van der Waals surface area contributed by atoms with Crippen LogP contribution in [0.25, 0.3) is 0 Å². The smallest absolute Gasteiger partial charge is 0.844 e. The molecule has 0 saturated heterocycles. The van der Waals surface area contributed by atoms with Gasteiger partial charge in [-0.1, -0.05) is 0 Å². The van der Waals surface area contributed by atoms with Gasteiger partial charge in [-0.05, 0) is 0 Å². The maximum atomic E-state index is 8.92. The van der Waals surface area contributed by atoms with Crippen LogP contribution in [0.2, 0.25) is 0 Å². The Morgan fingerprint density at radius 1 is 0.571 bits per heavy atom. The molecule has 0 atom stereocenters. The van der Waals surface area contributed by atoms with Crippen LogP contribution in [0, 0.1) is 0 Å². The maximum Gasteiger partial charge on any atom is 1.00 e. The van der Waals surface area contributed by atoms with E-state index < -0.39 is 6.72 Å². The predicted octanol–water partition coefficient (Wildman–Crippen LogP) is -16.6. The van der Waals surface area contributed by atoms with Gasteiger partial charge in [-0.3, -0.25) is 0 Å². The summed E-state index contributed by atoms with van der Waals surface area (Å²) in [4.78, 5) is 26.8. The summed E-state index contributed by atoms with van der Waals surface area (Å²) in [5, 5.41) is 0. The SMILES string of the molecule is O.O.O.O.O.O.[Na+].[Na+].[Na+].[O-]P([O-])([O-])=S. The topological polar surface area (TPSA) is 258 Å². The third kappa shape index (κ3) is 288. The van der Waals surface area contributed by atoms with E-state index in [9.17, 15) is 0 Å². The second-order valence-corrected chi connectivity index (χ2v) is 2.68. The van der Waals surface area contributed by atoms with E-state index in [1.807, 2.05) is 0 Å². The summed E-state index contributed by atoms with van der Waals surface area (Å²) < 4.78 is 0. The molecule has 14 heteroatoms. The van der Waals surface area contributed by atoms with E-state index in [0.29, 0.717) is 0 Å². The molecule has 14 heavy (non-hydrogen) atoms. The van der Waals surface area contributed by atoms with Crippen LogP contribution < -0.4 is 103 Å². The van der Waals surface area contributed by atoms with Gasteiger partial charge in [-0.2, -0.15) is 11.8 Å². The van der Waals surface area contributed by atoms with Crippen LogP contribution in [-0.4, -0.2) is 32.9 Å². The molecule has 12 N–H and O–H groups in total. The molecule has 0 aliphatic heterocycles. The van der Waals surface area contributed by atoms with Gasteiger partial charge < -0.3 is 54.3 Å². The molecule has 0 bridgehead atoms. The number of hydrogen-bond donors (Lipinski definition) is 0. The monoisotopic (exact) mass is 288 g/mol. The van der Waals surface area contributed by atoms with E-state index in [4.69, 9.17) is 14.7 Å². The molecule has 0 amide bonds. The average Bonchev–Trinajstić information content (AvgIpc) is 0.722. The third-order valence-corrected chi connectivity index (χ3v) is 0.